The normalized spacial score (nSPS) is 15.2. The van der Waals surface area contributed by atoms with E-state index in [0.717, 1.165) is 55.0 Å². The second-order valence-electron chi connectivity index (χ2n) is 6.62. The molecule has 1 amide bonds. The molecule has 3 rings (SSSR count). The SMILES string of the molecule is CNC(=O)c1csc(Sc2ccc(N3CCN(C)CC3)c(OC)c2)c1OC(F)(F)F. The number of carbonyl (C=O) groups excluding carboxylic acids is 1. The van der Waals surface area contributed by atoms with Crippen molar-refractivity contribution in [3.63, 3.8) is 0 Å². The van der Waals surface area contributed by atoms with E-state index < -0.39 is 18.0 Å². The number of carbonyl (C=O) groups is 1. The maximum absolute atomic E-state index is 12.9. The molecule has 0 saturated carbocycles. The zero-order chi connectivity index (χ0) is 21.9. The summed E-state index contributed by atoms with van der Waals surface area (Å²) in [5.74, 6) is -0.481. The first-order valence-electron chi connectivity index (χ1n) is 9.10. The average molecular weight is 462 g/mol. The maximum atomic E-state index is 12.9. The van der Waals surface area contributed by atoms with Crippen LogP contribution in [0.1, 0.15) is 10.4 Å². The molecule has 1 aliphatic heterocycles. The van der Waals surface area contributed by atoms with Gasteiger partial charge in [-0.15, -0.1) is 24.5 Å². The Labute approximate surface area is 180 Å². The zero-order valence-corrected chi connectivity index (χ0v) is 18.3. The van der Waals surface area contributed by atoms with Crippen molar-refractivity contribution in [3.8, 4) is 11.5 Å². The van der Waals surface area contributed by atoms with Gasteiger partial charge in [0.15, 0.2) is 5.75 Å². The molecular weight excluding hydrogens is 439 g/mol. The van der Waals surface area contributed by atoms with Crippen molar-refractivity contribution in [2.24, 2.45) is 0 Å². The van der Waals surface area contributed by atoms with Crippen LogP contribution in [0.3, 0.4) is 0 Å². The van der Waals surface area contributed by atoms with Gasteiger partial charge in [-0.3, -0.25) is 4.79 Å². The lowest BCUT2D eigenvalue weighted by Gasteiger charge is -2.34. The number of benzene rings is 1. The molecule has 30 heavy (non-hydrogen) atoms. The smallest absolute Gasteiger partial charge is 0.495 e. The zero-order valence-electron chi connectivity index (χ0n) is 16.7. The summed E-state index contributed by atoms with van der Waals surface area (Å²) in [4.78, 5) is 17.1. The second-order valence-corrected chi connectivity index (χ2v) is 8.84. The molecule has 1 aliphatic rings. The predicted octanol–water partition coefficient (Wildman–Crippen LogP) is 3.92. The van der Waals surface area contributed by atoms with Gasteiger partial charge in [-0.25, -0.2) is 0 Å². The van der Waals surface area contributed by atoms with Gasteiger partial charge in [-0.1, -0.05) is 11.8 Å². The number of likely N-dealkylation sites (N-methyl/N-ethyl adjacent to an activating group) is 1. The molecule has 0 aliphatic carbocycles. The second kappa shape index (κ2) is 9.36. The van der Waals surface area contributed by atoms with Gasteiger partial charge in [0.1, 0.15) is 9.96 Å². The van der Waals surface area contributed by atoms with E-state index in [2.05, 4.69) is 26.9 Å². The third-order valence-corrected chi connectivity index (χ3v) is 6.76. The number of methoxy groups -OCH3 is 1. The highest BCUT2D eigenvalue weighted by molar-refractivity contribution is 8.01. The molecule has 164 valence electrons. The number of hydrogen-bond acceptors (Lipinski definition) is 7. The quantitative estimate of drug-likeness (QED) is 0.704. The average Bonchev–Trinajstić information content (AvgIpc) is 3.08. The van der Waals surface area contributed by atoms with Crippen molar-refractivity contribution in [2.75, 3.05) is 52.3 Å². The van der Waals surface area contributed by atoms with Crippen LogP contribution in [0.5, 0.6) is 11.5 Å². The molecule has 1 aromatic heterocycles. The van der Waals surface area contributed by atoms with Crippen molar-refractivity contribution in [1.82, 2.24) is 10.2 Å². The van der Waals surface area contributed by atoms with Crippen LogP contribution >= 0.6 is 23.1 Å². The fourth-order valence-corrected chi connectivity index (χ4v) is 5.12. The lowest BCUT2D eigenvalue weighted by Crippen LogP contribution is -2.44. The Morgan fingerprint density at radius 2 is 1.93 bits per heavy atom. The number of hydrogen-bond donors (Lipinski definition) is 1. The molecule has 0 radical (unpaired) electrons. The summed E-state index contributed by atoms with van der Waals surface area (Å²) in [6, 6.07) is 5.52. The summed E-state index contributed by atoms with van der Waals surface area (Å²) in [5.41, 5.74) is 0.794. The third-order valence-electron chi connectivity index (χ3n) is 4.61. The minimum atomic E-state index is -4.90. The van der Waals surface area contributed by atoms with E-state index in [9.17, 15) is 18.0 Å². The first-order chi connectivity index (χ1) is 14.2. The van der Waals surface area contributed by atoms with Crippen molar-refractivity contribution < 1.29 is 27.4 Å². The summed E-state index contributed by atoms with van der Waals surface area (Å²) < 4.78 is 48.6. The Hall–Kier alpha value is -2.11. The Morgan fingerprint density at radius 3 is 2.53 bits per heavy atom. The Balaban J connectivity index is 1.87. The molecule has 1 fully saturated rings. The molecule has 1 N–H and O–H groups in total. The van der Waals surface area contributed by atoms with Crippen LogP contribution in [-0.4, -0.2) is 64.6 Å². The van der Waals surface area contributed by atoms with Crippen LogP contribution in [0.25, 0.3) is 0 Å². The van der Waals surface area contributed by atoms with Crippen LogP contribution in [0.4, 0.5) is 18.9 Å². The highest BCUT2D eigenvalue weighted by Crippen LogP contribution is 2.45. The van der Waals surface area contributed by atoms with Crippen molar-refractivity contribution in [2.45, 2.75) is 15.5 Å². The van der Waals surface area contributed by atoms with E-state index in [4.69, 9.17) is 4.74 Å². The van der Waals surface area contributed by atoms with Gasteiger partial charge in [-0.2, -0.15) is 0 Å². The molecule has 2 aromatic rings. The van der Waals surface area contributed by atoms with E-state index in [1.54, 1.807) is 13.2 Å². The molecule has 0 bridgehead atoms. The number of nitrogens with zero attached hydrogens (tertiary/aromatic N) is 2. The number of anilines is 1. The number of thiophene rings is 1. The van der Waals surface area contributed by atoms with Crippen LogP contribution in [-0.2, 0) is 0 Å². The van der Waals surface area contributed by atoms with Gasteiger partial charge in [0.25, 0.3) is 5.91 Å². The number of piperazine rings is 1. The van der Waals surface area contributed by atoms with Crippen LogP contribution in [0.2, 0.25) is 0 Å². The van der Waals surface area contributed by atoms with Gasteiger partial charge in [-0.05, 0) is 25.2 Å². The molecule has 11 heteroatoms. The molecule has 1 saturated heterocycles. The van der Waals surface area contributed by atoms with Crippen LogP contribution in [0.15, 0.2) is 32.7 Å². The van der Waals surface area contributed by atoms with Gasteiger partial charge in [0.05, 0.1) is 18.4 Å². The summed E-state index contributed by atoms with van der Waals surface area (Å²) in [5, 5.41) is 3.69. The highest BCUT2D eigenvalue weighted by atomic mass is 32.2. The molecule has 0 unspecified atom stereocenters. The Morgan fingerprint density at radius 1 is 1.23 bits per heavy atom. The first-order valence-corrected chi connectivity index (χ1v) is 10.8. The number of alkyl halides is 3. The lowest BCUT2D eigenvalue weighted by molar-refractivity contribution is -0.275. The number of nitrogens with one attached hydrogen (secondary N) is 1. The van der Waals surface area contributed by atoms with E-state index in [1.807, 2.05) is 12.1 Å². The van der Waals surface area contributed by atoms with Gasteiger partial charge in [0, 0.05) is 43.5 Å². The number of rotatable bonds is 6. The van der Waals surface area contributed by atoms with Gasteiger partial charge >= 0.3 is 6.36 Å². The standard InChI is InChI=1S/C19H22F3N3O3S2/c1-23-17(26)13-11-29-18(16(13)28-19(20,21)22)30-12-4-5-14(15(10-12)27-3)25-8-6-24(2)7-9-25/h4-5,10-11H,6-9H2,1-3H3,(H,23,26). The summed E-state index contributed by atoms with van der Waals surface area (Å²) >= 11 is 2.12. The molecule has 0 spiro atoms. The van der Waals surface area contributed by atoms with Crippen LogP contribution in [0, 0.1) is 0 Å². The molecule has 0 atom stereocenters. The van der Waals surface area contributed by atoms with Gasteiger partial charge in [0.2, 0.25) is 0 Å². The highest BCUT2D eigenvalue weighted by Gasteiger charge is 2.35. The van der Waals surface area contributed by atoms with Crippen molar-refractivity contribution >= 4 is 34.7 Å². The largest absolute Gasteiger partial charge is 0.573 e. The Kier molecular flexibility index (Phi) is 7.04. The third kappa shape index (κ3) is 5.32. The fraction of sp³-hybridized carbons (Fsp3) is 0.421. The lowest BCUT2D eigenvalue weighted by atomic mass is 10.2. The minimum absolute atomic E-state index is 0.150. The van der Waals surface area contributed by atoms with E-state index in [1.165, 1.54) is 12.4 Å². The van der Waals surface area contributed by atoms with Crippen LogP contribution < -0.4 is 19.7 Å². The topological polar surface area (TPSA) is 54.0 Å². The number of ether oxygens (including phenoxy) is 2. The molecule has 6 nitrogen and oxygen atoms in total. The van der Waals surface area contributed by atoms with Crippen molar-refractivity contribution in [3.05, 3.63) is 29.1 Å². The monoisotopic (exact) mass is 461 g/mol. The maximum Gasteiger partial charge on any atom is 0.573 e. The first kappa shape index (κ1) is 22.6. The molecular formula is C19H22F3N3O3S2. The summed E-state index contributed by atoms with van der Waals surface area (Å²) in [6.07, 6.45) is -4.90. The number of halogens is 3. The van der Waals surface area contributed by atoms with Gasteiger partial charge < -0.3 is 24.6 Å². The van der Waals surface area contributed by atoms with Crippen molar-refractivity contribution in [1.29, 1.82) is 0 Å². The Bertz CT molecular complexity index is 897. The molecule has 1 aromatic carbocycles. The fourth-order valence-electron chi connectivity index (χ4n) is 3.04. The van der Waals surface area contributed by atoms with E-state index in [0.29, 0.717) is 10.6 Å². The minimum Gasteiger partial charge on any atom is -0.495 e. The number of amides is 1. The van der Waals surface area contributed by atoms with E-state index in [-0.39, 0.29) is 9.77 Å². The summed E-state index contributed by atoms with van der Waals surface area (Å²) in [7, 11) is 4.99. The molecule has 2 heterocycles. The van der Waals surface area contributed by atoms with E-state index >= 15 is 0 Å². The summed E-state index contributed by atoms with van der Waals surface area (Å²) in [6.45, 7) is 3.61. The predicted molar refractivity (Wildman–Crippen MR) is 111 cm³/mol.